The van der Waals surface area contributed by atoms with Crippen molar-refractivity contribution < 1.29 is 4.39 Å². The predicted octanol–water partition coefficient (Wildman–Crippen LogP) is 3.44. The van der Waals surface area contributed by atoms with Gasteiger partial charge in [-0.1, -0.05) is 19.1 Å². The maximum atomic E-state index is 14.0. The summed E-state index contributed by atoms with van der Waals surface area (Å²) < 4.78 is 16.5. The molecule has 1 aromatic carbocycles. The van der Waals surface area contributed by atoms with Gasteiger partial charge in [-0.15, -0.1) is 0 Å². The number of aryl methyl sites for hydroxylation is 1. The normalized spacial score (nSPS) is 12.6. The summed E-state index contributed by atoms with van der Waals surface area (Å²) in [6.45, 7) is 3.01. The summed E-state index contributed by atoms with van der Waals surface area (Å²) >= 11 is 3.18. The number of halogens is 2. The Balaban J connectivity index is 2.18. The molecule has 102 valence electrons. The summed E-state index contributed by atoms with van der Waals surface area (Å²) in [5.41, 5.74) is 6.62. The zero-order valence-corrected chi connectivity index (χ0v) is 12.4. The van der Waals surface area contributed by atoms with Gasteiger partial charge >= 0.3 is 0 Å². The minimum atomic E-state index is -0.393. The number of nitrogens with two attached hydrogens (primary N) is 1. The highest BCUT2D eigenvalue weighted by Crippen LogP contribution is 2.24. The quantitative estimate of drug-likeness (QED) is 0.915. The molecule has 0 aliphatic heterocycles. The second-order valence-electron chi connectivity index (χ2n) is 4.49. The Bertz CT molecular complexity index is 553. The van der Waals surface area contributed by atoms with Crippen molar-refractivity contribution in [2.45, 2.75) is 32.4 Å². The van der Waals surface area contributed by atoms with Gasteiger partial charge in [-0.3, -0.25) is 0 Å². The molecule has 2 rings (SSSR count). The van der Waals surface area contributed by atoms with Crippen LogP contribution < -0.4 is 5.73 Å². The third-order valence-corrected chi connectivity index (χ3v) is 3.66. The van der Waals surface area contributed by atoms with Gasteiger partial charge in [0, 0.05) is 37.0 Å². The smallest absolute Gasteiger partial charge is 0.142 e. The van der Waals surface area contributed by atoms with Crippen molar-refractivity contribution in [1.29, 1.82) is 0 Å². The fourth-order valence-corrected chi connectivity index (χ4v) is 2.47. The van der Waals surface area contributed by atoms with E-state index in [-0.39, 0.29) is 5.82 Å². The molecule has 2 N–H and O–H groups in total. The van der Waals surface area contributed by atoms with E-state index in [9.17, 15) is 4.39 Å². The van der Waals surface area contributed by atoms with E-state index in [4.69, 9.17) is 5.73 Å². The zero-order valence-electron chi connectivity index (χ0n) is 10.8. The lowest BCUT2D eigenvalue weighted by atomic mass is 10.0. The molecule has 0 amide bonds. The third-order valence-electron chi connectivity index (χ3n) is 3.05. The van der Waals surface area contributed by atoms with Gasteiger partial charge in [-0.2, -0.15) is 0 Å². The summed E-state index contributed by atoms with van der Waals surface area (Å²) in [6.07, 6.45) is 5.25. The number of aromatic nitrogens is 2. The molecule has 0 fully saturated rings. The van der Waals surface area contributed by atoms with Gasteiger partial charge < -0.3 is 10.3 Å². The van der Waals surface area contributed by atoms with E-state index in [1.807, 2.05) is 6.20 Å². The van der Waals surface area contributed by atoms with Gasteiger partial charge in [-0.05, 0) is 28.4 Å². The van der Waals surface area contributed by atoms with Crippen LogP contribution in [-0.4, -0.2) is 9.55 Å². The number of hydrogen-bond donors (Lipinski definition) is 1. The van der Waals surface area contributed by atoms with Gasteiger partial charge in [0.15, 0.2) is 0 Å². The van der Waals surface area contributed by atoms with Crippen LogP contribution in [0.3, 0.4) is 0 Å². The first-order valence-corrected chi connectivity index (χ1v) is 7.12. The lowest BCUT2D eigenvalue weighted by molar-refractivity contribution is 0.554. The van der Waals surface area contributed by atoms with Gasteiger partial charge in [0.2, 0.25) is 0 Å². The summed E-state index contributed by atoms with van der Waals surface area (Å²) in [6, 6.07) is 4.79. The second kappa shape index (κ2) is 6.30. The van der Waals surface area contributed by atoms with Crippen molar-refractivity contribution in [2.24, 2.45) is 5.73 Å². The van der Waals surface area contributed by atoms with Crippen molar-refractivity contribution in [3.8, 4) is 0 Å². The van der Waals surface area contributed by atoms with Crippen molar-refractivity contribution in [1.82, 2.24) is 9.55 Å². The Hall–Kier alpha value is -1.20. The number of rotatable bonds is 5. The van der Waals surface area contributed by atoms with Crippen LogP contribution in [-0.2, 0) is 13.0 Å². The summed E-state index contributed by atoms with van der Waals surface area (Å²) in [5.74, 6) is 0.609. The third kappa shape index (κ3) is 3.22. The second-order valence-corrected chi connectivity index (χ2v) is 5.34. The molecular formula is C14H17BrFN3. The van der Waals surface area contributed by atoms with Crippen molar-refractivity contribution >= 4 is 15.9 Å². The molecule has 3 nitrogen and oxygen atoms in total. The average Bonchev–Trinajstić information content (AvgIpc) is 2.80. The number of nitrogens with zero attached hydrogens (tertiary/aromatic N) is 2. The molecule has 2 aromatic rings. The maximum absolute atomic E-state index is 14.0. The Morgan fingerprint density at radius 3 is 3.00 bits per heavy atom. The van der Waals surface area contributed by atoms with Crippen LogP contribution in [0.2, 0.25) is 0 Å². The molecule has 0 spiro atoms. The molecule has 0 radical (unpaired) electrons. The van der Waals surface area contributed by atoms with Crippen LogP contribution in [0.1, 0.15) is 30.8 Å². The number of imidazole rings is 1. The average molecular weight is 326 g/mol. The molecule has 5 heteroatoms. The Labute approximate surface area is 120 Å². The van der Waals surface area contributed by atoms with Crippen molar-refractivity contribution in [2.75, 3.05) is 0 Å². The van der Waals surface area contributed by atoms with Crippen molar-refractivity contribution in [3.63, 3.8) is 0 Å². The van der Waals surface area contributed by atoms with Gasteiger partial charge in [0.1, 0.15) is 11.6 Å². The van der Waals surface area contributed by atoms with E-state index in [1.165, 1.54) is 0 Å². The molecule has 19 heavy (non-hydrogen) atoms. The van der Waals surface area contributed by atoms with Gasteiger partial charge in [-0.25, -0.2) is 9.37 Å². The molecule has 0 aliphatic rings. The number of benzene rings is 1. The van der Waals surface area contributed by atoms with Gasteiger partial charge in [0.05, 0.1) is 4.47 Å². The molecule has 1 unspecified atom stereocenters. The highest BCUT2D eigenvalue weighted by molar-refractivity contribution is 9.10. The fourth-order valence-electron chi connectivity index (χ4n) is 2.09. The fraction of sp³-hybridized carbons (Fsp3) is 0.357. The molecule has 0 saturated carbocycles. The number of hydrogen-bond acceptors (Lipinski definition) is 2. The van der Waals surface area contributed by atoms with Crippen LogP contribution in [0.5, 0.6) is 0 Å². The maximum Gasteiger partial charge on any atom is 0.142 e. The van der Waals surface area contributed by atoms with E-state index in [0.717, 1.165) is 18.8 Å². The topological polar surface area (TPSA) is 43.8 Å². The summed E-state index contributed by atoms with van der Waals surface area (Å²) in [7, 11) is 0. The largest absolute Gasteiger partial charge is 0.335 e. The van der Waals surface area contributed by atoms with Crippen LogP contribution in [0.25, 0.3) is 0 Å². The van der Waals surface area contributed by atoms with Crippen LogP contribution in [0.15, 0.2) is 35.1 Å². The lowest BCUT2D eigenvalue weighted by Crippen LogP contribution is -2.18. The lowest BCUT2D eigenvalue weighted by Gasteiger charge is -2.14. The Morgan fingerprint density at radius 1 is 1.47 bits per heavy atom. The molecule has 0 bridgehead atoms. The highest BCUT2D eigenvalue weighted by atomic mass is 79.9. The first-order valence-electron chi connectivity index (χ1n) is 6.33. The van der Waals surface area contributed by atoms with Crippen LogP contribution >= 0.6 is 15.9 Å². The monoisotopic (exact) mass is 325 g/mol. The van der Waals surface area contributed by atoms with E-state index in [1.54, 1.807) is 24.4 Å². The standard InChI is InChI=1S/C14H17BrFN3/c1-2-7-19-8-6-18-13(19)9-12(17)10-4-3-5-11(15)14(10)16/h3-6,8,12H,2,7,9,17H2,1H3. The molecular weight excluding hydrogens is 309 g/mol. The SMILES string of the molecule is CCCn1ccnc1CC(N)c1cccc(Br)c1F. The minimum absolute atomic E-state index is 0.288. The Morgan fingerprint density at radius 2 is 2.26 bits per heavy atom. The van der Waals surface area contributed by atoms with Crippen LogP contribution in [0.4, 0.5) is 4.39 Å². The highest BCUT2D eigenvalue weighted by Gasteiger charge is 2.16. The predicted molar refractivity (Wildman–Crippen MR) is 77.3 cm³/mol. The van der Waals surface area contributed by atoms with E-state index in [2.05, 4.69) is 32.4 Å². The molecule has 1 heterocycles. The van der Waals surface area contributed by atoms with Gasteiger partial charge in [0.25, 0.3) is 0 Å². The van der Waals surface area contributed by atoms with E-state index in [0.29, 0.717) is 16.5 Å². The summed E-state index contributed by atoms with van der Waals surface area (Å²) in [4.78, 5) is 4.30. The molecule has 0 aliphatic carbocycles. The van der Waals surface area contributed by atoms with E-state index >= 15 is 0 Å². The minimum Gasteiger partial charge on any atom is -0.335 e. The summed E-state index contributed by atoms with van der Waals surface area (Å²) in [5, 5.41) is 0. The molecule has 1 aromatic heterocycles. The molecule has 1 atom stereocenters. The molecule has 0 saturated heterocycles. The Kier molecular flexibility index (Phi) is 4.71. The first-order chi connectivity index (χ1) is 9.13. The zero-order chi connectivity index (χ0) is 13.8. The van der Waals surface area contributed by atoms with Crippen molar-refractivity contribution in [3.05, 3.63) is 52.3 Å². The van der Waals surface area contributed by atoms with Crippen LogP contribution in [0, 0.1) is 5.82 Å². The first kappa shape index (κ1) is 14.2. The van der Waals surface area contributed by atoms with E-state index < -0.39 is 6.04 Å².